The van der Waals surface area contributed by atoms with Crippen LogP contribution in [0.1, 0.15) is 37.9 Å². The molecule has 0 spiro atoms. The van der Waals surface area contributed by atoms with Crippen molar-refractivity contribution in [1.29, 1.82) is 5.41 Å². The molecule has 1 atom stereocenters. The Morgan fingerprint density at radius 1 is 1.18 bits per heavy atom. The Morgan fingerprint density at radius 3 is 2.68 bits per heavy atom. The second kappa shape index (κ2) is 12.7. The van der Waals surface area contributed by atoms with Gasteiger partial charge in [0.15, 0.2) is 0 Å². The third kappa shape index (κ3) is 6.32. The fourth-order valence-corrected chi connectivity index (χ4v) is 3.85. The lowest BCUT2D eigenvalue weighted by Crippen LogP contribution is -2.34. The van der Waals surface area contributed by atoms with Crippen molar-refractivity contribution in [2.24, 2.45) is 4.99 Å². The predicted molar refractivity (Wildman–Crippen MR) is 139 cm³/mol. The van der Waals surface area contributed by atoms with Crippen LogP contribution in [0.25, 0.3) is 0 Å². The van der Waals surface area contributed by atoms with Crippen LogP contribution in [0.5, 0.6) is 5.75 Å². The molecule has 3 rings (SSSR count). The Kier molecular flexibility index (Phi) is 9.40. The average molecular weight is 462 g/mol. The Labute approximate surface area is 202 Å². The molecule has 2 N–H and O–H groups in total. The summed E-state index contributed by atoms with van der Waals surface area (Å²) in [6.45, 7) is 4.01. The fraction of sp³-hybridized carbons (Fsp3) is 0.370. The smallest absolute Gasteiger partial charge is 0.263 e. The van der Waals surface area contributed by atoms with Gasteiger partial charge >= 0.3 is 0 Å². The standard InChI is InChI=1S/C27H35N5O2/c1-4-5-15-30-26-24(20-28)27(33)32(18-17-31(26)3)22-12-9-13-23(19-22)34-25(14-16-29-2)21-10-7-6-8-11-21/h6-13,15,19-20,25,28-29H,4-5,14,16-18H2,1-3H3/b28-20?,30-15+. The zero-order chi connectivity index (χ0) is 24.3. The van der Waals surface area contributed by atoms with Gasteiger partial charge in [0, 0.05) is 50.7 Å². The van der Waals surface area contributed by atoms with E-state index in [0.29, 0.717) is 24.7 Å². The Morgan fingerprint density at radius 2 is 1.97 bits per heavy atom. The molecule has 34 heavy (non-hydrogen) atoms. The van der Waals surface area contributed by atoms with Crippen LogP contribution in [-0.2, 0) is 4.79 Å². The van der Waals surface area contributed by atoms with E-state index >= 15 is 0 Å². The zero-order valence-electron chi connectivity index (χ0n) is 20.3. The SMILES string of the molecule is CCC/C=N/C1=C(C=N)C(=O)N(c2cccc(OC(CCNC)c3ccccc3)c2)CCN1C. The van der Waals surface area contributed by atoms with Crippen molar-refractivity contribution in [2.75, 3.05) is 38.6 Å². The van der Waals surface area contributed by atoms with Gasteiger partial charge in [0.25, 0.3) is 5.91 Å². The number of carbonyl (C=O) groups is 1. The molecule has 0 fully saturated rings. The highest BCUT2D eigenvalue weighted by Crippen LogP contribution is 2.29. The predicted octanol–water partition coefficient (Wildman–Crippen LogP) is 4.43. The minimum atomic E-state index is -0.227. The van der Waals surface area contributed by atoms with E-state index in [1.807, 2.05) is 67.7 Å². The molecule has 0 radical (unpaired) electrons. The summed E-state index contributed by atoms with van der Waals surface area (Å²) in [5.74, 6) is 1.02. The number of aliphatic imine (C=N–C) groups is 1. The molecule has 1 amide bonds. The number of unbranched alkanes of at least 4 members (excludes halogenated alkanes) is 1. The number of carbonyl (C=O) groups excluding carboxylic acids is 1. The van der Waals surface area contributed by atoms with E-state index < -0.39 is 0 Å². The van der Waals surface area contributed by atoms with Gasteiger partial charge in [-0.3, -0.25) is 4.79 Å². The first-order valence-corrected chi connectivity index (χ1v) is 11.9. The highest BCUT2D eigenvalue weighted by atomic mass is 16.5. The number of nitrogens with zero attached hydrogens (tertiary/aromatic N) is 3. The second-order valence-electron chi connectivity index (χ2n) is 8.27. The van der Waals surface area contributed by atoms with Crippen LogP contribution in [0.3, 0.4) is 0 Å². The highest BCUT2D eigenvalue weighted by molar-refractivity contribution is 6.19. The molecule has 180 valence electrons. The highest BCUT2D eigenvalue weighted by Gasteiger charge is 2.27. The van der Waals surface area contributed by atoms with Crippen molar-refractivity contribution in [3.05, 3.63) is 71.6 Å². The van der Waals surface area contributed by atoms with Gasteiger partial charge < -0.3 is 25.3 Å². The summed E-state index contributed by atoms with van der Waals surface area (Å²) in [6.07, 6.45) is 5.45. The molecule has 0 saturated heterocycles. The number of likely N-dealkylation sites (N-methyl/N-ethyl adjacent to an activating group) is 1. The molecule has 2 aromatic rings. The van der Waals surface area contributed by atoms with Crippen molar-refractivity contribution >= 4 is 24.0 Å². The molecule has 7 nitrogen and oxygen atoms in total. The summed E-state index contributed by atoms with van der Waals surface area (Å²) in [4.78, 5) is 21.6. The van der Waals surface area contributed by atoms with Gasteiger partial charge in [0.1, 0.15) is 17.7 Å². The summed E-state index contributed by atoms with van der Waals surface area (Å²) >= 11 is 0. The first-order valence-electron chi connectivity index (χ1n) is 11.9. The van der Waals surface area contributed by atoms with Gasteiger partial charge in [-0.1, -0.05) is 49.7 Å². The van der Waals surface area contributed by atoms with Crippen LogP contribution in [-0.4, -0.2) is 57.0 Å². The molecular formula is C27H35N5O2. The minimum Gasteiger partial charge on any atom is -0.486 e. The largest absolute Gasteiger partial charge is 0.486 e. The normalized spacial score (nSPS) is 15.6. The molecule has 0 aromatic heterocycles. The molecule has 1 heterocycles. The Hall–Kier alpha value is -3.45. The minimum absolute atomic E-state index is 0.105. The van der Waals surface area contributed by atoms with Crippen LogP contribution in [0.2, 0.25) is 0 Å². The van der Waals surface area contributed by atoms with Crippen molar-refractivity contribution in [3.8, 4) is 5.75 Å². The third-order valence-corrected chi connectivity index (χ3v) is 5.75. The second-order valence-corrected chi connectivity index (χ2v) is 8.27. The molecule has 2 aromatic carbocycles. The fourth-order valence-electron chi connectivity index (χ4n) is 3.85. The number of ether oxygens (including phenoxy) is 1. The van der Waals surface area contributed by atoms with Crippen LogP contribution < -0.4 is 15.0 Å². The quantitative estimate of drug-likeness (QED) is 0.485. The number of amides is 1. The van der Waals surface area contributed by atoms with E-state index in [9.17, 15) is 4.79 Å². The molecule has 1 aliphatic rings. The first kappa shape index (κ1) is 25.2. The van der Waals surface area contributed by atoms with E-state index in [0.717, 1.165) is 43.3 Å². The monoisotopic (exact) mass is 461 g/mol. The van der Waals surface area contributed by atoms with Crippen LogP contribution in [0, 0.1) is 5.41 Å². The molecule has 7 heteroatoms. The van der Waals surface area contributed by atoms with Crippen LogP contribution in [0.15, 0.2) is 71.0 Å². The van der Waals surface area contributed by atoms with Gasteiger partial charge in [-0.15, -0.1) is 0 Å². The lowest BCUT2D eigenvalue weighted by Gasteiger charge is -2.24. The summed E-state index contributed by atoms with van der Waals surface area (Å²) in [5, 5.41) is 11.1. The van der Waals surface area contributed by atoms with Gasteiger partial charge in [-0.05, 0) is 37.7 Å². The maximum absolute atomic E-state index is 13.4. The van der Waals surface area contributed by atoms with E-state index in [1.165, 1.54) is 0 Å². The van der Waals surface area contributed by atoms with Crippen molar-refractivity contribution in [2.45, 2.75) is 32.3 Å². The van der Waals surface area contributed by atoms with Crippen LogP contribution in [0.4, 0.5) is 5.69 Å². The first-order chi connectivity index (χ1) is 16.6. The maximum Gasteiger partial charge on any atom is 0.263 e. The number of anilines is 1. The third-order valence-electron chi connectivity index (χ3n) is 5.75. The van der Waals surface area contributed by atoms with Gasteiger partial charge in [0.05, 0.1) is 5.57 Å². The molecule has 1 unspecified atom stereocenters. The van der Waals surface area contributed by atoms with Crippen molar-refractivity contribution < 1.29 is 9.53 Å². The van der Waals surface area contributed by atoms with Gasteiger partial charge in [-0.2, -0.15) is 0 Å². The Balaban J connectivity index is 1.88. The lowest BCUT2D eigenvalue weighted by molar-refractivity contribution is -0.114. The van der Waals surface area contributed by atoms with E-state index in [-0.39, 0.29) is 17.6 Å². The molecule has 0 saturated carbocycles. The number of nitrogens with one attached hydrogen (secondary N) is 2. The van der Waals surface area contributed by atoms with E-state index in [2.05, 4.69) is 29.4 Å². The summed E-state index contributed by atoms with van der Waals surface area (Å²) in [6, 6.07) is 17.8. The van der Waals surface area contributed by atoms with Crippen molar-refractivity contribution in [1.82, 2.24) is 10.2 Å². The van der Waals surface area contributed by atoms with Crippen LogP contribution >= 0.6 is 0 Å². The molecule has 0 bridgehead atoms. The van der Waals surface area contributed by atoms with Gasteiger partial charge in [0.2, 0.25) is 0 Å². The zero-order valence-corrected chi connectivity index (χ0v) is 20.3. The summed E-state index contributed by atoms with van der Waals surface area (Å²) in [7, 11) is 3.84. The number of benzene rings is 2. The summed E-state index contributed by atoms with van der Waals surface area (Å²) in [5.41, 5.74) is 2.14. The van der Waals surface area contributed by atoms with E-state index in [4.69, 9.17) is 10.1 Å². The van der Waals surface area contributed by atoms with E-state index in [1.54, 1.807) is 4.90 Å². The topological polar surface area (TPSA) is 81.0 Å². The molecular weight excluding hydrogens is 426 g/mol. The lowest BCUT2D eigenvalue weighted by atomic mass is 10.1. The Bertz CT molecular complexity index is 1020. The number of hydrogen-bond donors (Lipinski definition) is 2. The number of rotatable bonds is 11. The van der Waals surface area contributed by atoms with Crippen molar-refractivity contribution in [3.63, 3.8) is 0 Å². The molecule has 1 aliphatic heterocycles. The molecule has 0 aliphatic carbocycles. The summed E-state index contributed by atoms with van der Waals surface area (Å²) < 4.78 is 6.39. The maximum atomic E-state index is 13.4. The number of hydrogen-bond acceptors (Lipinski definition) is 6. The van der Waals surface area contributed by atoms with Gasteiger partial charge in [-0.25, -0.2) is 4.99 Å². The average Bonchev–Trinajstić information content (AvgIpc) is 2.98.